The Bertz CT molecular complexity index is 880. The van der Waals surface area contributed by atoms with Gasteiger partial charge in [-0.25, -0.2) is 8.42 Å². The van der Waals surface area contributed by atoms with E-state index in [1.165, 1.54) is 15.6 Å². The average molecular weight is 443 g/mol. The number of halogens is 1. The molecule has 25 heavy (non-hydrogen) atoms. The van der Waals surface area contributed by atoms with Crippen LogP contribution in [0.5, 0.6) is 0 Å². The van der Waals surface area contributed by atoms with Crippen molar-refractivity contribution in [3.8, 4) is 0 Å². The first-order valence-electron chi connectivity index (χ1n) is 7.90. The number of nitrogens with zero attached hydrogens (tertiary/aromatic N) is 2. The molecule has 1 aromatic carbocycles. The van der Waals surface area contributed by atoms with Crippen molar-refractivity contribution >= 4 is 43.2 Å². The molecule has 1 aromatic heterocycles. The minimum absolute atomic E-state index is 0.0392. The Morgan fingerprint density at radius 2 is 1.64 bits per heavy atom. The van der Waals surface area contributed by atoms with E-state index in [0.29, 0.717) is 36.0 Å². The lowest BCUT2D eigenvalue weighted by Gasteiger charge is -2.33. The molecule has 1 fully saturated rings. The highest BCUT2D eigenvalue weighted by molar-refractivity contribution is 9.11. The Morgan fingerprint density at radius 1 is 1.04 bits per heavy atom. The molecule has 8 heteroatoms. The van der Waals surface area contributed by atoms with Gasteiger partial charge in [-0.1, -0.05) is 17.2 Å². The maximum atomic E-state index is 12.7. The summed E-state index contributed by atoms with van der Waals surface area (Å²) in [5.74, 6) is -0.0392. The van der Waals surface area contributed by atoms with E-state index in [1.807, 2.05) is 32.0 Å². The van der Waals surface area contributed by atoms with Crippen LogP contribution < -0.4 is 0 Å². The van der Waals surface area contributed by atoms with Gasteiger partial charge in [0.2, 0.25) is 0 Å². The molecular formula is C17H19BrN2O3S2. The smallest absolute Gasteiger partial charge is 0.253 e. The van der Waals surface area contributed by atoms with E-state index < -0.39 is 10.0 Å². The molecule has 1 amide bonds. The molecule has 0 spiro atoms. The highest BCUT2D eigenvalue weighted by Gasteiger charge is 2.31. The van der Waals surface area contributed by atoms with Gasteiger partial charge in [-0.05, 0) is 54.0 Å². The van der Waals surface area contributed by atoms with E-state index >= 15 is 0 Å². The molecule has 1 saturated heterocycles. The monoisotopic (exact) mass is 442 g/mol. The van der Waals surface area contributed by atoms with Gasteiger partial charge in [-0.3, -0.25) is 4.79 Å². The summed E-state index contributed by atoms with van der Waals surface area (Å²) >= 11 is 4.50. The summed E-state index contributed by atoms with van der Waals surface area (Å²) in [7, 11) is -3.48. The van der Waals surface area contributed by atoms with E-state index in [2.05, 4.69) is 15.9 Å². The van der Waals surface area contributed by atoms with Gasteiger partial charge in [0, 0.05) is 31.7 Å². The summed E-state index contributed by atoms with van der Waals surface area (Å²) in [6.45, 7) is 5.36. The molecule has 0 saturated carbocycles. The third kappa shape index (κ3) is 3.97. The fraction of sp³-hybridized carbons (Fsp3) is 0.353. The number of rotatable bonds is 3. The van der Waals surface area contributed by atoms with Crippen LogP contribution in [-0.4, -0.2) is 49.7 Å². The van der Waals surface area contributed by atoms with Gasteiger partial charge in [-0.2, -0.15) is 4.31 Å². The van der Waals surface area contributed by atoms with Crippen molar-refractivity contribution < 1.29 is 13.2 Å². The number of piperazine rings is 1. The molecule has 2 heterocycles. The topological polar surface area (TPSA) is 57.7 Å². The summed E-state index contributed by atoms with van der Waals surface area (Å²) in [6, 6.07) is 9.12. The van der Waals surface area contributed by atoms with Crippen LogP contribution in [0, 0.1) is 13.8 Å². The van der Waals surface area contributed by atoms with E-state index in [9.17, 15) is 13.2 Å². The lowest BCUT2D eigenvalue weighted by atomic mass is 10.1. The number of amides is 1. The second-order valence-corrected chi connectivity index (χ2v) is 10.8. The first-order chi connectivity index (χ1) is 11.8. The minimum atomic E-state index is -3.48. The molecule has 1 aliphatic rings. The average Bonchev–Trinajstić information content (AvgIpc) is 3.01. The second-order valence-electron chi connectivity index (χ2n) is 6.13. The highest BCUT2D eigenvalue weighted by Crippen LogP contribution is 2.29. The van der Waals surface area contributed by atoms with E-state index in [4.69, 9.17) is 0 Å². The van der Waals surface area contributed by atoms with Crippen LogP contribution >= 0.6 is 27.3 Å². The van der Waals surface area contributed by atoms with E-state index in [1.54, 1.807) is 17.0 Å². The standard InChI is InChI=1S/C17H19BrN2O3S2/c1-12-9-13(2)11-14(10-12)17(21)19-5-7-20(8-6-19)25(22,23)16-4-3-15(18)24-16/h3-4,9-11H,5-8H2,1-2H3. The summed E-state index contributed by atoms with van der Waals surface area (Å²) < 4.78 is 27.9. The molecule has 5 nitrogen and oxygen atoms in total. The molecule has 0 bridgehead atoms. The van der Waals surface area contributed by atoms with Gasteiger partial charge in [0.25, 0.3) is 15.9 Å². The minimum Gasteiger partial charge on any atom is -0.336 e. The largest absolute Gasteiger partial charge is 0.336 e. The van der Waals surface area contributed by atoms with Crippen LogP contribution in [0.15, 0.2) is 38.3 Å². The third-order valence-electron chi connectivity index (χ3n) is 4.14. The zero-order valence-corrected chi connectivity index (χ0v) is 17.2. The molecule has 3 rings (SSSR count). The molecular weight excluding hydrogens is 424 g/mol. The molecule has 0 atom stereocenters. The van der Waals surface area contributed by atoms with Crippen LogP contribution in [0.4, 0.5) is 0 Å². The molecule has 134 valence electrons. The van der Waals surface area contributed by atoms with Crippen molar-refractivity contribution in [1.82, 2.24) is 9.21 Å². The Kier molecular flexibility index (Phi) is 5.34. The zero-order valence-electron chi connectivity index (χ0n) is 14.0. The van der Waals surface area contributed by atoms with Gasteiger partial charge >= 0.3 is 0 Å². The van der Waals surface area contributed by atoms with Crippen molar-refractivity contribution in [2.24, 2.45) is 0 Å². The molecule has 0 aliphatic carbocycles. The van der Waals surface area contributed by atoms with Gasteiger partial charge in [0.1, 0.15) is 4.21 Å². The Morgan fingerprint density at radius 3 is 2.16 bits per heavy atom. The number of carbonyl (C=O) groups excluding carboxylic acids is 1. The van der Waals surface area contributed by atoms with Crippen LogP contribution in [0.25, 0.3) is 0 Å². The fourth-order valence-corrected chi connectivity index (χ4v) is 6.56. The first-order valence-corrected chi connectivity index (χ1v) is 11.0. The Balaban J connectivity index is 1.70. The second kappa shape index (κ2) is 7.19. The number of thiophene rings is 1. The maximum Gasteiger partial charge on any atom is 0.253 e. The first kappa shape index (κ1) is 18.6. The Labute approximate surface area is 160 Å². The van der Waals surface area contributed by atoms with Crippen LogP contribution in [0.2, 0.25) is 0 Å². The number of hydrogen-bond donors (Lipinski definition) is 0. The lowest BCUT2D eigenvalue weighted by molar-refractivity contribution is 0.0698. The SMILES string of the molecule is Cc1cc(C)cc(C(=O)N2CCN(S(=O)(=O)c3ccc(Br)s3)CC2)c1. The third-order valence-corrected chi connectivity index (χ3v) is 8.13. The van der Waals surface area contributed by atoms with Crippen molar-refractivity contribution in [3.05, 3.63) is 50.8 Å². The molecule has 2 aromatic rings. The van der Waals surface area contributed by atoms with E-state index in [0.717, 1.165) is 14.9 Å². The number of benzene rings is 1. The van der Waals surface area contributed by atoms with Crippen LogP contribution in [0.3, 0.4) is 0 Å². The predicted molar refractivity (Wildman–Crippen MR) is 103 cm³/mol. The zero-order chi connectivity index (χ0) is 18.2. The lowest BCUT2D eigenvalue weighted by Crippen LogP contribution is -2.50. The number of sulfonamides is 1. The number of hydrogen-bond acceptors (Lipinski definition) is 4. The van der Waals surface area contributed by atoms with Gasteiger partial charge in [-0.15, -0.1) is 11.3 Å². The van der Waals surface area contributed by atoms with Crippen molar-refractivity contribution in [2.45, 2.75) is 18.1 Å². The Hall–Kier alpha value is -1.22. The summed E-state index contributed by atoms with van der Waals surface area (Å²) in [4.78, 5) is 14.4. The quantitative estimate of drug-likeness (QED) is 0.732. The van der Waals surface area contributed by atoms with Crippen LogP contribution in [-0.2, 0) is 10.0 Å². The van der Waals surface area contributed by atoms with Crippen molar-refractivity contribution in [3.63, 3.8) is 0 Å². The molecule has 1 aliphatic heterocycles. The van der Waals surface area contributed by atoms with E-state index in [-0.39, 0.29) is 5.91 Å². The fourth-order valence-electron chi connectivity index (χ4n) is 2.98. The molecule has 0 N–H and O–H groups in total. The number of aryl methyl sites for hydroxylation is 2. The molecule has 0 unspecified atom stereocenters. The van der Waals surface area contributed by atoms with Gasteiger partial charge in [0.15, 0.2) is 0 Å². The normalized spacial score (nSPS) is 16.2. The summed E-state index contributed by atoms with van der Waals surface area (Å²) in [5, 5.41) is 0. The summed E-state index contributed by atoms with van der Waals surface area (Å²) in [6.07, 6.45) is 0. The maximum absolute atomic E-state index is 12.7. The van der Waals surface area contributed by atoms with Crippen molar-refractivity contribution in [2.75, 3.05) is 26.2 Å². The van der Waals surface area contributed by atoms with Crippen LogP contribution in [0.1, 0.15) is 21.5 Å². The van der Waals surface area contributed by atoms with Crippen molar-refractivity contribution in [1.29, 1.82) is 0 Å². The van der Waals surface area contributed by atoms with Gasteiger partial charge in [0.05, 0.1) is 3.79 Å². The molecule has 0 radical (unpaired) electrons. The number of carbonyl (C=O) groups is 1. The summed E-state index contributed by atoms with van der Waals surface area (Å²) in [5.41, 5.74) is 2.76. The van der Waals surface area contributed by atoms with Gasteiger partial charge < -0.3 is 4.90 Å². The highest BCUT2D eigenvalue weighted by atomic mass is 79.9. The predicted octanol–water partition coefficient (Wildman–Crippen LogP) is 3.27.